The lowest BCUT2D eigenvalue weighted by atomic mass is 9.81. The van der Waals surface area contributed by atoms with Crippen LogP contribution in [0.4, 0.5) is 11.4 Å². The van der Waals surface area contributed by atoms with Gasteiger partial charge in [-0.2, -0.15) is 4.58 Å². The fraction of sp³-hybridized carbons (Fsp3) is 0.389. The molecule has 0 aliphatic carbocycles. The van der Waals surface area contributed by atoms with Gasteiger partial charge >= 0.3 is 5.97 Å². The van der Waals surface area contributed by atoms with Crippen LogP contribution in [-0.2, 0) is 15.6 Å². The normalized spacial score (nSPS) is 18.5. The van der Waals surface area contributed by atoms with Crippen molar-refractivity contribution in [3.05, 3.63) is 108 Å². The average molecular weight is 538 g/mol. The summed E-state index contributed by atoms with van der Waals surface area (Å²) in [5.41, 5.74) is 7.84. The van der Waals surface area contributed by atoms with Gasteiger partial charge in [0.1, 0.15) is 6.54 Å². The van der Waals surface area contributed by atoms with Gasteiger partial charge in [-0.25, -0.2) is 0 Å². The fourth-order valence-corrected chi connectivity index (χ4v) is 6.20. The second kappa shape index (κ2) is 12.7. The van der Waals surface area contributed by atoms with Crippen LogP contribution in [0, 0.1) is 0 Å². The van der Waals surface area contributed by atoms with Gasteiger partial charge in [-0.15, -0.1) is 0 Å². The highest BCUT2D eigenvalue weighted by Gasteiger charge is 2.43. The molecule has 2 aromatic carbocycles. The number of carboxylic acids is 1. The van der Waals surface area contributed by atoms with E-state index in [-0.39, 0.29) is 17.3 Å². The molecule has 4 heteroatoms. The standard InChI is InChI=1S/C36H44N2O2/c1-6-26-37-30-21-16-14-19-28(30)35(2,3)32(37)23-11-8-7-9-12-24-33-36(4,5)29-20-15-17-22-31(29)38(33)27-18-10-13-25-34(39)40/h7-9,11-12,14-17,19-24H,6,10,13,18,25-27H2,1-5H3/p+1. The van der Waals surface area contributed by atoms with Crippen molar-refractivity contribution in [2.75, 3.05) is 18.0 Å². The lowest BCUT2D eigenvalue weighted by molar-refractivity contribution is -0.437. The van der Waals surface area contributed by atoms with Crippen molar-refractivity contribution >= 4 is 23.1 Å². The highest BCUT2D eigenvalue weighted by molar-refractivity contribution is 6.03. The van der Waals surface area contributed by atoms with Gasteiger partial charge in [0.2, 0.25) is 5.69 Å². The molecule has 0 unspecified atom stereocenters. The number of unbranched alkanes of at least 4 members (excludes halogenated alkanes) is 2. The second-order valence-electron chi connectivity index (χ2n) is 11.9. The fourth-order valence-electron chi connectivity index (χ4n) is 6.20. The number of benzene rings is 2. The maximum Gasteiger partial charge on any atom is 0.303 e. The average Bonchev–Trinajstić information content (AvgIpc) is 3.27. The molecular weight excluding hydrogens is 492 g/mol. The Morgan fingerprint density at radius 3 is 2.27 bits per heavy atom. The smallest absolute Gasteiger partial charge is 0.303 e. The molecule has 2 aliphatic heterocycles. The Labute approximate surface area is 240 Å². The summed E-state index contributed by atoms with van der Waals surface area (Å²) in [4.78, 5) is 13.3. The van der Waals surface area contributed by atoms with Crippen LogP contribution in [0.5, 0.6) is 0 Å². The molecule has 0 saturated heterocycles. The highest BCUT2D eigenvalue weighted by atomic mass is 16.4. The minimum absolute atomic E-state index is 0.0174. The minimum atomic E-state index is -0.713. The first kappa shape index (κ1) is 29.3. The quantitative estimate of drug-likeness (QED) is 0.168. The SMILES string of the molecule is CCC[N+]1=C(/C=C/C=C/C=C/C=C2N(CCCCCC(=O)O)c3ccccc3C2(C)C)C(C)(C)c2ccccc21. The summed E-state index contributed by atoms with van der Waals surface area (Å²) >= 11 is 0. The van der Waals surface area contributed by atoms with E-state index in [4.69, 9.17) is 5.11 Å². The molecule has 0 amide bonds. The van der Waals surface area contributed by atoms with Gasteiger partial charge in [0.05, 0.1) is 5.41 Å². The zero-order valence-electron chi connectivity index (χ0n) is 24.9. The number of allylic oxidation sites excluding steroid dienone is 8. The summed E-state index contributed by atoms with van der Waals surface area (Å²) in [6.45, 7) is 13.4. The van der Waals surface area contributed by atoms with Crippen LogP contribution < -0.4 is 4.90 Å². The predicted molar refractivity (Wildman–Crippen MR) is 168 cm³/mol. The molecule has 4 nitrogen and oxygen atoms in total. The topological polar surface area (TPSA) is 43.5 Å². The summed E-state index contributed by atoms with van der Waals surface area (Å²) in [6, 6.07) is 17.4. The number of fused-ring (bicyclic) bond motifs is 2. The molecule has 210 valence electrons. The van der Waals surface area contributed by atoms with Crippen LogP contribution in [0.1, 0.15) is 77.8 Å². The van der Waals surface area contributed by atoms with Crippen LogP contribution in [0.3, 0.4) is 0 Å². The molecule has 0 saturated carbocycles. The molecule has 0 bridgehead atoms. The second-order valence-corrected chi connectivity index (χ2v) is 11.9. The van der Waals surface area contributed by atoms with Crippen LogP contribution in [0.15, 0.2) is 96.8 Å². The number of anilines is 1. The van der Waals surface area contributed by atoms with Crippen LogP contribution in [0.25, 0.3) is 0 Å². The van der Waals surface area contributed by atoms with E-state index >= 15 is 0 Å². The molecule has 1 N–H and O–H groups in total. The van der Waals surface area contributed by atoms with Crippen molar-refractivity contribution in [1.29, 1.82) is 0 Å². The molecule has 40 heavy (non-hydrogen) atoms. The third-order valence-electron chi connectivity index (χ3n) is 8.27. The molecule has 0 spiro atoms. The van der Waals surface area contributed by atoms with Crippen LogP contribution in [0.2, 0.25) is 0 Å². The van der Waals surface area contributed by atoms with Gasteiger partial charge in [-0.3, -0.25) is 4.79 Å². The van der Waals surface area contributed by atoms with Gasteiger partial charge in [0.15, 0.2) is 5.71 Å². The summed E-state index contributed by atoms with van der Waals surface area (Å²) in [6.07, 6.45) is 19.1. The number of nitrogens with zero attached hydrogens (tertiary/aromatic N) is 2. The van der Waals surface area contributed by atoms with Gasteiger partial charge < -0.3 is 10.0 Å². The number of carbonyl (C=O) groups is 1. The van der Waals surface area contributed by atoms with Crippen LogP contribution >= 0.6 is 0 Å². The first-order valence-corrected chi connectivity index (χ1v) is 14.7. The van der Waals surface area contributed by atoms with Crippen molar-refractivity contribution in [3.8, 4) is 0 Å². The molecule has 0 aromatic heterocycles. The first-order valence-electron chi connectivity index (χ1n) is 14.7. The molecule has 0 fully saturated rings. The Morgan fingerprint density at radius 1 is 0.850 bits per heavy atom. The Bertz CT molecular complexity index is 1370. The monoisotopic (exact) mass is 537 g/mol. The van der Waals surface area contributed by atoms with Crippen molar-refractivity contribution in [3.63, 3.8) is 0 Å². The van der Waals surface area contributed by atoms with Gasteiger partial charge in [0, 0.05) is 53.9 Å². The highest BCUT2D eigenvalue weighted by Crippen LogP contribution is 2.47. The predicted octanol–water partition coefficient (Wildman–Crippen LogP) is 8.47. The van der Waals surface area contributed by atoms with Crippen molar-refractivity contribution in [1.82, 2.24) is 0 Å². The van der Waals surface area contributed by atoms with E-state index in [9.17, 15) is 4.79 Å². The van der Waals surface area contributed by atoms with E-state index in [1.165, 1.54) is 33.9 Å². The van der Waals surface area contributed by atoms with E-state index in [0.717, 1.165) is 38.8 Å². The lowest BCUT2D eigenvalue weighted by Gasteiger charge is -2.27. The number of aliphatic carboxylic acids is 1. The van der Waals surface area contributed by atoms with Crippen molar-refractivity contribution in [2.45, 2.75) is 77.6 Å². The lowest BCUT2D eigenvalue weighted by Crippen LogP contribution is -2.27. The number of hydrogen-bond donors (Lipinski definition) is 1. The Kier molecular flexibility index (Phi) is 9.29. The third-order valence-corrected chi connectivity index (χ3v) is 8.27. The van der Waals surface area contributed by atoms with E-state index in [2.05, 4.69) is 135 Å². The number of rotatable bonds is 12. The van der Waals surface area contributed by atoms with E-state index in [1.54, 1.807) is 0 Å². The first-order chi connectivity index (χ1) is 19.2. The van der Waals surface area contributed by atoms with Gasteiger partial charge in [-0.05, 0) is 44.4 Å². The number of hydrogen-bond acceptors (Lipinski definition) is 2. The van der Waals surface area contributed by atoms with E-state index in [1.807, 2.05) is 0 Å². The largest absolute Gasteiger partial charge is 0.481 e. The summed E-state index contributed by atoms with van der Waals surface area (Å²) in [5, 5.41) is 8.95. The van der Waals surface area contributed by atoms with Gasteiger partial charge in [-0.1, -0.05) is 94.0 Å². The maximum atomic E-state index is 10.9. The molecule has 2 aliphatic rings. The summed E-state index contributed by atoms with van der Waals surface area (Å²) in [5.74, 6) is -0.713. The Morgan fingerprint density at radius 2 is 1.52 bits per heavy atom. The molecule has 0 radical (unpaired) electrons. The number of carboxylic acid groups (broad SMARTS) is 1. The molecule has 2 heterocycles. The number of para-hydroxylation sites is 2. The summed E-state index contributed by atoms with van der Waals surface area (Å²) < 4.78 is 2.47. The maximum absolute atomic E-state index is 10.9. The molecule has 2 aromatic rings. The van der Waals surface area contributed by atoms with Gasteiger partial charge in [0.25, 0.3) is 0 Å². The van der Waals surface area contributed by atoms with Crippen LogP contribution in [-0.4, -0.2) is 34.5 Å². The van der Waals surface area contributed by atoms with Crippen molar-refractivity contribution < 1.29 is 14.5 Å². The zero-order chi connectivity index (χ0) is 28.8. The van der Waals surface area contributed by atoms with E-state index in [0.29, 0.717) is 0 Å². The Hall–Kier alpha value is -3.66. The zero-order valence-corrected chi connectivity index (χ0v) is 24.9. The third kappa shape index (κ3) is 6.06. The molecule has 0 atom stereocenters. The van der Waals surface area contributed by atoms with E-state index < -0.39 is 5.97 Å². The molecular formula is C36H45N2O2+. The summed E-state index contributed by atoms with van der Waals surface area (Å²) in [7, 11) is 0. The Balaban J connectivity index is 1.47. The minimum Gasteiger partial charge on any atom is -0.481 e. The molecule has 4 rings (SSSR count). The van der Waals surface area contributed by atoms with Crippen molar-refractivity contribution in [2.24, 2.45) is 0 Å².